The van der Waals surface area contributed by atoms with Crippen LogP contribution in [0.3, 0.4) is 0 Å². The average Bonchev–Trinajstić information content (AvgIpc) is 2.65. The number of aryl methyl sites for hydroxylation is 1. The van der Waals surface area contributed by atoms with Gasteiger partial charge in [-0.25, -0.2) is 4.98 Å². The molecule has 2 heterocycles. The van der Waals surface area contributed by atoms with Gasteiger partial charge in [-0.2, -0.15) is 0 Å². The highest BCUT2D eigenvalue weighted by atomic mass is 16.3. The fourth-order valence-electron chi connectivity index (χ4n) is 1.23. The predicted octanol–water partition coefficient (Wildman–Crippen LogP) is 0.292. The van der Waals surface area contributed by atoms with Crippen molar-refractivity contribution in [2.24, 2.45) is 7.05 Å². The van der Waals surface area contributed by atoms with Gasteiger partial charge in [-0.3, -0.25) is 9.97 Å². The summed E-state index contributed by atoms with van der Waals surface area (Å²) in [6, 6.07) is 0. The molecule has 5 heteroatoms. The molecule has 0 aliphatic carbocycles. The number of hydrogen-bond donors (Lipinski definition) is 1. The second-order valence-electron chi connectivity index (χ2n) is 2.96. The first kappa shape index (κ1) is 8.83. The predicted molar refractivity (Wildman–Crippen MR) is 49.3 cm³/mol. The normalized spacial score (nSPS) is 12.7. The van der Waals surface area contributed by atoms with E-state index in [-0.39, 0.29) is 0 Å². The third-order valence-corrected chi connectivity index (χ3v) is 2.00. The number of imidazole rings is 1. The molecule has 0 bridgehead atoms. The lowest BCUT2D eigenvalue weighted by molar-refractivity contribution is 0.206. The van der Waals surface area contributed by atoms with Crippen molar-refractivity contribution < 1.29 is 5.11 Å². The lowest BCUT2D eigenvalue weighted by Crippen LogP contribution is -2.06. The van der Waals surface area contributed by atoms with E-state index < -0.39 is 6.10 Å². The summed E-state index contributed by atoms with van der Waals surface area (Å²) in [7, 11) is 1.82. The van der Waals surface area contributed by atoms with Crippen LogP contribution >= 0.6 is 0 Å². The third-order valence-electron chi connectivity index (χ3n) is 2.00. The van der Waals surface area contributed by atoms with E-state index >= 15 is 0 Å². The van der Waals surface area contributed by atoms with Crippen molar-refractivity contribution in [3.63, 3.8) is 0 Å². The molecule has 1 unspecified atom stereocenters. The molecule has 0 amide bonds. The SMILES string of the molecule is Cn1cncc1C(O)c1cnccn1. The Balaban J connectivity index is 2.34. The molecule has 0 spiro atoms. The summed E-state index contributed by atoms with van der Waals surface area (Å²) in [5.74, 6) is 0. The van der Waals surface area contributed by atoms with Gasteiger partial charge in [-0.05, 0) is 0 Å². The summed E-state index contributed by atoms with van der Waals surface area (Å²) < 4.78 is 1.75. The van der Waals surface area contributed by atoms with Gasteiger partial charge in [0.25, 0.3) is 0 Å². The first-order valence-corrected chi connectivity index (χ1v) is 4.19. The van der Waals surface area contributed by atoms with E-state index in [9.17, 15) is 5.11 Å². The maximum atomic E-state index is 9.90. The number of rotatable bonds is 2. The van der Waals surface area contributed by atoms with Gasteiger partial charge < -0.3 is 9.67 Å². The van der Waals surface area contributed by atoms with Crippen LogP contribution in [-0.4, -0.2) is 24.6 Å². The monoisotopic (exact) mass is 190 g/mol. The molecule has 0 aromatic carbocycles. The van der Waals surface area contributed by atoms with E-state index in [1.807, 2.05) is 7.05 Å². The minimum atomic E-state index is -0.767. The molecule has 0 saturated carbocycles. The molecule has 2 rings (SSSR count). The molecule has 1 atom stereocenters. The number of aliphatic hydroxyl groups is 1. The van der Waals surface area contributed by atoms with Gasteiger partial charge in [0.05, 0.1) is 30.1 Å². The van der Waals surface area contributed by atoms with Crippen molar-refractivity contribution in [3.05, 3.63) is 42.5 Å². The summed E-state index contributed by atoms with van der Waals surface area (Å²) in [4.78, 5) is 11.8. The van der Waals surface area contributed by atoms with Crippen LogP contribution in [0.25, 0.3) is 0 Å². The lowest BCUT2D eigenvalue weighted by Gasteiger charge is -2.09. The highest BCUT2D eigenvalue weighted by Crippen LogP contribution is 2.17. The molecule has 5 nitrogen and oxygen atoms in total. The Morgan fingerprint density at radius 2 is 2.14 bits per heavy atom. The zero-order valence-corrected chi connectivity index (χ0v) is 7.70. The molecule has 0 saturated heterocycles. The van der Waals surface area contributed by atoms with E-state index in [0.29, 0.717) is 11.4 Å². The summed E-state index contributed by atoms with van der Waals surface area (Å²) in [6.07, 6.45) is 7.14. The van der Waals surface area contributed by atoms with E-state index in [4.69, 9.17) is 0 Å². The van der Waals surface area contributed by atoms with Crippen LogP contribution in [0.15, 0.2) is 31.1 Å². The minimum absolute atomic E-state index is 0.524. The first-order chi connectivity index (χ1) is 6.79. The van der Waals surface area contributed by atoms with Gasteiger partial charge in [0.2, 0.25) is 0 Å². The summed E-state index contributed by atoms with van der Waals surface area (Å²) in [6.45, 7) is 0. The molecular weight excluding hydrogens is 180 g/mol. The number of aliphatic hydroxyl groups excluding tert-OH is 1. The van der Waals surface area contributed by atoms with Crippen molar-refractivity contribution in [1.29, 1.82) is 0 Å². The van der Waals surface area contributed by atoms with E-state index in [1.54, 1.807) is 29.5 Å². The van der Waals surface area contributed by atoms with Crippen molar-refractivity contribution in [3.8, 4) is 0 Å². The van der Waals surface area contributed by atoms with Crippen LogP contribution in [0.4, 0.5) is 0 Å². The quantitative estimate of drug-likeness (QED) is 0.739. The van der Waals surface area contributed by atoms with Gasteiger partial charge >= 0.3 is 0 Å². The molecule has 1 N–H and O–H groups in total. The van der Waals surface area contributed by atoms with Crippen LogP contribution in [-0.2, 0) is 7.05 Å². The van der Waals surface area contributed by atoms with Crippen molar-refractivity contribution in [2.75, 3.05) is 0 Å². The van der Waals surface area contributed by atoms with E-state index in [2.05, 4.69) is 15.0 Å². The maximum absolute atomic E-state index is 9.90. The Morgan fingerprint density at radius 3 is 2.71 bits per heavy atom. The smallest absolute Gasteiger partial charge is 0.139 e. The van der Waals surface area contributed by atoms with Crippen LogP contribution in [0.2, 0.25) is 0 Å². The third kappa shape index (κ3) is 1.49. The molecule has 72 valence electrons. The van der Waals surface area contributed by atoms with Crippen LogP contribution in [0.5, 0.6) is 0 Å². The molecule has 14 heavy (non-hydrogen) atoms. The lowest BCUT2D eigenvalue weighted by atomic mass is 10.2. The standard InChI is InChI=1S/C9H10N4O/c1-13-6-11-5-8(13)9(14)7-4-10-2-3-12-7/h2-6,9,14H,1H3. The fourth-order valence-corrected chi connectivity index (χ4v) is 1.23. The molecule has 0 aliphatic heterocycles. The molecular formula is C9H10N4O. The van der Waals surface area contributed by atoms with Crippen LogP contribution in [0.1, 0.15) is 17.5 Å². The molecule has 0 fully saturated rings. The summed E-state index contributed by atoms with van der Waals surface area (Å²) in [5.41, 5.74) is 1.22. The molecule has 0 radical (unpaired) electrons. The topological polar surface area (TPSA) is 63.8 Å². The Kier molecular flexibility index (Phi) is 2.24. The van der Waals surface area contributed by atoms with Gasteiger partial charge in [0, 0.05) is 19.4 Å². The second-order valence-corrected chi connectivity index (χ2v) is 2.96. The zero-order valence-electron chi connectivity index (χ0n) is 7.70. The highest BCUT2D eigenvalue weighted by Gasteiger charge is 2.14. The Bertz CT molecular complexity index is 412. The average molecular weight is 190 g/mol. The largest absolute Gasteiger partial charge is 0.380 e. The Morgan fingerprint density at radius 1 is 1.29 bits per heavy atom. The van der Waals surface area contributed by atoms with Crippen LogP contribution in [0, 0.1) is 0 Å². The summed E-state index contributed by atoms with van der Waals surface area (Å²) >= 11 is 0. The van der Waals surface area contributed by atoms with Gasteiger partial charge in [0.1, 0.15) is 6.10 Å². The van der Waals surface area contributed by atoms with E-state index in [1.165, 1.54) is 6.20 Å². The fraction of sp³-hybridized carbons (Fsp3) is 0.222. The van der Waals surface area contributed by atoms with E-state index in [0.717, 1.165) is 0 Å². The number of aromatic nitrogens is 4. The zero-order chi connectivity index (χ0) is 9.97. The molecule has 2 aromatic rings. The van der Waals surface area contributed by atoms with Gasteiger partial charge in [0.15, 0.2) is 0 Å². The highest BCUT2D eigenvalue weighted by molar-refractivity contribution is 5.15. The number of hydrogen-bond acceptors (Lipinski definition) is 4. The molecule has 2 aromatic heterocycles. The Labute approximate surface area is 81.1 Å². The van der Waals surface area contributed by atoms with Crippen molar-refractivity contribution >= 4 is 0 Å². The van der Waals surface area contributed by atoms with Gasteiger partial charge in [-0.1, -0.05) is 0 Å². The van der Waals surface area contributed by atoms with Crippen LogP contribution < -0.4 is 0 Å². The second kappa shape index (κ2) is 3.55. The minimum Gasteiger partial charge on any atom is -0.380 e. The number of nitrogens with zero attached hydrogens (tertiary/aromatic N) is 4. The first-order valence-electron chi connectivity index (χ1n) is 4.19. The molecule has 0 aliphatic rings. The maximum Gasteiger partial charge on any atom is 0.139 e. The Hall–Kier alpha value is -1.75. The van der Waals surface area contributed by atoms with Crippen molar-refractivity contribution in [2.45, 2.75) is 6.10 Å². The van der Waals surface area contributed by atoms with Crippen molar-refractivity contribution in [1.82, 2.24) is 19.5 Å². The summed E-state index contributed by atoms with van der Waals surface area (Å²) in [5, 5.41) is 9.90. The van der Waals surface area contributed by atoms with Gasteiger partial charge in [-0.15, -0.1) is 0 Å².